The van der Waals surface area contributed by atoms with E-state index in [0.717, 1.165) is 42.6 Å². The maximum Gasteiger partial charge on any atom is 0.242 e. The fourth-order valence-corrected chi connectivity index (χ4v) is 3.95. The summed E-state index contributed by atoms with van der Waals surface area (Å²) >= 11 is 0. The zero-order valence-electron chi connectivity index (χ0n) is 18.0. The summed E-state index contributed by atoms with van der Waals surface area (Å²) in [5, 5.41) is 3.17. The fraction of sp³-hybridized carbons (Fsp3) is 0.440. The lowest BCUT2D eigenvalue weighted by Crippen LogP contribution is -2.50. The van der Waals surface area contributed by atoms with Gasteiger partial charge in [-0.3, -0.25) is 9.59 Å². The van der Waals surface area contributed by atoms with Crippen molar-refractivity contribution in [2.75, 3.05) is 7.11 Å². The number of carbonyl (C=O) groups is 2. The Bertz CT molecular complexity index is 814. The summed E-state index contributed by atoms with van der Waals surface area (Å²) in [6.07, 6.45) is 5.87. The van der Waals surface area contributed by atoms with Crippen LogP contribution in [0.3, 0.4) is 0 Å². The summed E-state index contributed by atoms with van der Waals surface area (Å²) in [5.74, 6) is 0.643. The van der Waals surface area contributed by atoms with Crippen LogP contribution in [0.2, 0.25) is 0 Å². The first-order valence-electron chi connectivity index (χ1n) is 10.8. The van der Waals surface area contributed by atoms with Crippen molar-refractivity contribution in [3.63, 3.8) is 0 Å². The Hall–Kier alpha value is -2.82. The number of methoxy groups -OCH3 is 1. The lowest BCUT2D eigenvalue weighted by molar-refractivity contribution is -0.140. The number of nitrogens with one attached hydrogen (secondary N) is 1. The van der Waals surface area contributed by atoms with Crippen molar-refractivity contribution in [2.24, 2.45) is 0 Å². The van der Waals surface area contributed by atoms with E-state index in [0.29, 0.717) is 6.54 Å². The molecule has 0 bridgehead atoms. The van der Waals surface area contributed by atoms with E-state index in [9.17, 15) is 9.59 Å². The van der Waals surface area contributed by atoms with Crippen LogP contribution in [0.25, 0.3) is 0 Å². The van der Waals surface area contributed by atoms with Crippen molar-refractivity contribution < 1.29 is 14.3 Å². The van der Waals surface area contributed by atoms with Gasteiger partial charge in [0, 0.05) is 12.6 Å². The summed E-state index contributed by atoms with van der Waals surface area (Å²) < 4.78 is 5.23. The van der Waals surface area contributed by atoms with Crippen LogP contribution in [-0.4, -0.2) is 35.9 Å². The standard InChI is InChI=1S/C25H32N2O3/c1-19(25(29)26-22-11-7-4-8-12-22)27(18-21-13-15-23(30-2)16-14-21)24(28)17-20-9-5-3-6-10-20/h3,5-6,9-10,13-16,19,22H,4,7-8,11-12,17-18H2,1-2H3,(H,26,29)/t19-/m1/s1. The van der Waals surface area contributed by atoms with Crippen LogP contribution in [0.5, 0.6) is 5.75 Å². The molecule has 0 aliphatic heterocycles. The van der Waals surface area contributed by atoms with E-state index in [1.807, 2.05) is 61.5 Å². The molecule has 5 nitrogen and oxygen atoms in total. The Morgan fingerprint density at radius 3 is 2.30 bits per heavy atom. The third-order valence-corrected chi connectivity index (χ3v) is 5.83. The molecule has 1 saturated carbocycles. The van der Waals surface area contributed by atoms with E-state index in [-0.39, 0.29) is 24.3 Å². The first kappa shape index (κ1) is 21.9. The molecule has 0 spiro atoms. The van der Waals surface area contributed by atoms with Crippen molar-refractivity contribution in [1.29, 1.82) is 0 Å². The topological polar surface area (TPSA) is 58.6 Å². The Balaban J connectivity index is 1.74. The summed E-state index contributed by atoms with van der Waals surface area (Å²) in [6.45, 7) is 2.21. The molecular weight excluding hydrogens is 376 g/mol. The van der Waals surface area contributed by atoms with Gasteiger partial charge in [0.2, 0.25) is 11.8 Å². The highest BCUT2D eigenvalue weighted by molar-refractivity contribution is 5.88. The molecule has 1 aliphatic rings. The maximum absolute atomic E-state index is 13.2. The van der Waals surface area contributed by atoms with Crippen molar-refractivity contribution >= 4 is 11.8 Å². The molecule has 1 atom stereocenters. The van der Waals surface area contributed by atoms with Crippen molar-refractivity contribution in [3.8, 4) is 5.75 Å². The molecule has 0 aromatic heterocycles. The van der Waals surface area contributed by atoms with Crippen LogP contribution in [0.1, 0.15) is 50.2 Å². The van der Waals surface area contributed by atoms with Gasteiger partial charge in [-0.15, -0.1) is 0 Å². The average molecular weight is 409 g/mol. The van der Waals surface area contributed by atoms with Gasteiger partial charge in [0.15, 0.2) is 0 Å². The Labute approximate surface area is 179 Å². The zero-order valence-corrected chi connectivity index (χ0v) is 18.0. The van der Waals surface area contributed by atoms with Gasteiger partial charge in [-0.05, 0) is 43.0 Å². The molecule has 5 heteroatoms. The first-order valence-corrected chi connectivity index (χ1v) is 10.8. The molecule has 2 aromatic rings. The molecule has 0 unspecified atom stereocenters. The van der Waals surface area contributed by atoms with Crippen molar-refractivity contribution in [2.45, 2.75) is 64.1 Å². The molecular formula is C25H32N2O3. The summed E-state index contributed by atoms with van der Waals surface area (Å²) in [7, 11) is 1.63. The number of ether oxygens (including phenoxy) is 1. The van der Waals surface area contributed by atoms with Crippen LogP contribution in [-0.2, 0) is 22.6 Å². The second-order valence-electron chi connectivity index (χ2n) is 8.05. The number of rotatable bonds is 8. The van der Waals surface area contributed by atoms with E-state index >= 15 is 0 Å². The summed E-state index contributed by atoms with van der Waals surface area (Å²) in [4.78, 5) is 27.9. The fourth-order valence-electron chi connectivity index (χ4n) is 3.95. The highest BCUT2D eigenvalue weighted by Gasteiger charge is 2.28. The lowest BCUT2D eigenvalue weighted by atomic mass is 9.95. The molecule has 0 saturated heterocycles. The predicted octanol–water partition coefficient (Wildman–Crippen LogP) is 4.10. The number of hydrogen-bond donors (Lipinski definition) is 1. The van der Waals surface area contributed by atoms with E-state index in [4.69, 9.17) is 4.74 Å². The van der Waals surface area contributed by atoms with Crippen LogP contribution < -0.4 is 10.1 Å². The summed E-state index contributed by atoms with van der Waals surface area (Å²) in [6, 6.07) is 17.0. The molecule has 1 N–H and O–H groups in total. The van der Waals surface area contributed by atoms with E-state index in [2.05, 4.69) is 5.32 Å². The lowest BCUT2D eigenvalue weighted by Gasteiger charge is -2.31. The second-order valence-corrected chi connectivity index (χ2v) is 8.05. The molecule has 3 rings (SSSR count). The highest BCUT2D eigenvalue weighted by atomic mass is 16.5. The molecule has 30 heavy (non-hydrogen) atoms. The first-order chi connectivity index (χ1) is 14.6. The minimum atomic E-state index is -0.537. The van der Waals surface area contributed by atoms with Crippen LogP contribution >= 0.6 is 0 Å². The van der Waals surface area contributed by atoms with Gasteiger partial charge < -0.3 is 15.0 Å². The molecule has 1 aliphatic carbocycles. The van der Waals surface area contributed by atoms with Gasteiger partial charge in [0.05, 0.1) is 13.5 Å². The van der Waals surface area contributed by atoms with E-state index < -0.39 is 6.04 Å². The van der Waals surface area contributed by atoms with Crippen LogP contribution in [0.4, 0.5) is 0 Å². The zero-order chi connectivity index (χ0) is 21.3. The smallest absolute Gasteiger partial charge is 0.242 e. The Morgan fingerprint density at radius 2 is 1.67 bits per heavy atom. The Kier molecular flexibility index (Phi) is 7.89. The van der Waals surface area contributed by atoms with E-state index in [1.165, 1.54) is 6.42 Å². The quantitative estimate of drug-likeness (QED) is 0.715. The largest absolute Gasteiger partial charge is 0.497 e. The number of hydrogen-bond acceptors (Lipinski definition) is 3. The van der Waals surface area contributed by atoms with Crippen LogP contribution in [0, 0.1) is 0 Å². The van der Waals surface area contributed by atoms with Gasteiger partial charge in [-0.1, -0.05) is 61.7 Å². The third kappa shape index (κ3) is 6.09. The number of amides is 2. The monoisotopic (exact) mass is 408 g/mol. The SMILES string of the molecule is COc1ccc(CN(C(=O)Cc2ccccc2)[C@H](C)C(=O)NC2CCCCC2)cc1. The molecule has 0 heterocycles. The van der Waals surface area contributed by atoms with Gasteiger partial charge in [-0.2, -0.15) is 0 Å². The molecule has 1 fully saturated rings. The number of nitrogens with zero attached hydrogens (tertiary/aromatic N) is 1. The molecule has 2 amide bonds. The highest BCUT2D eigenvalue weighted by Crippen LogP contribution is 2.19. The van der Waals surface area contributed by atoms with Gasteiger partial charge in [0.1, 0.15) is 11.8 Å². The van der Waals surface area contributed by atoms with E-state index in [1.54, 1.807) is 12.0 Å². The number of carbonyl (C=O) groups excluding carboxylic acids is 2. The van der Waals surface area contributed by atoms with Crippen LogP contribution in [0.15, 0.2) is 54.6 Å². The van der Waals surface area contributed by atoms with Crippen molar-refractivity contribution in [1.82, 2.24) is 10.2 Å². The number of benzene rings is 2. The second kappa shape index (κ2) is 10.8. The molecule has 160 valence electrons. The predicted molar refractivity (Wildman–Crippen MR) is 118 cm³/mol. The average Bonchev–Trinajstić information content (AvgIpc) is 2.78. The van der Waals surface area contributed by atoms with Gasteiger partial charge >= 0.3 is 0 Å². The normalized spacial score (nSPS) is 15.3. The van der Waals surface area contributed by atoms with Gasteiger partial charge in [-0.25, -0.2) is 0 Å². The third-order valence-electron chi connectivity index (χ3n) is 5.83. The van der Waals surface area contributed by atoms with Gasteiger partial charge in [0.25, 0.3) is 0 Å². The molecule has 2 aromatic carbocycles. The maximum atomic E-state index is 13.2. The molecule has 0 radical (unpaired) electrons. The minimum Gasteiger partial charge on any atom is -0.497 e. The minimum absolute atomic E-state index is 0.0525. The van der Waals surface area contributed by atoms with Crippen molar-refractivity contribution in [3.05, 3.63) is 65.7 Å². The Morgan fingerprint density at radius 1 is 1.00 bits per heavy atom. The summed E-state index contributed by atoms with van der Waals surface area (Å²) in [5.41, 5.74) is 1.91.